The fraction of sp³-hybridized carbons (Fsp3) is 0.900. The second kappa shape index (κ2) is 13.4. The number of nitrogens with one attached hydrogen (secondary N) is 1. The van der Waals surface area contributed by atoms with E-state index in [9.17, 15) is 24.9 Å². The lowest BCUT2D eigenvalue weighted by atomic mass is 9.82. The molecule has 8 heteroatoms. The van der Waals surface area contributed by atoms with Crippen molar-refractivity contribution >= 4 is 23.6 Å². The summed E-state index contributed by atoms with van der Waals surface area (Å²) >= 11 is 1.46. The van der Waals surface area contributed by atoms with Gasteiger partial charge in [0.25, 0.3) is 0 Å². The summed E-state index contributed by atoms with van der Waals surface area (Å²) < 4.78 is 0. The minimum atomic E-state index is -1.27. The van der Waals surface area contributed by atoms with Crippen LogP contribution >= 0.6 is 11.8 Å². The van der Waals surface area contributed by atoms with Crippen LogP contribution in [-0.2, 0) is 9.59 Å². The molecular formula is C20H38N2O5S. The standard InChI is InChI=1S/C20H38N2O5S/c1-3-4-5-6-7-8-9-10-11-28-18-14(12-15(23)16(24)17(18)25)20(27)22-13(2)19(21)26/h13-18,23-25H,3-12H2,1-2H3,(H2,21,26)(H,22,27)/t13-,14-,15+,16-,17-,18-/m0/s1. The van der Waals surface area contributed by atoms with Crippen molar-refractivity contribution in [2.45, 2.75) is 101 Å². The first kappa shape index (κ1) is 25.2. The van der Waals surface area contributed by atoms with Gasteiger partial charge in [-0.2, -0.15) is 11.8 Å². The van der Waals surface area contributed by atoms with Crippen molar-refractivity contribution in [3.8, 4) is 0 Å². The third-order valence-corrected chi connectivity index (χ3v) is 6.92. The van der Waals surface area contributed by atoms with Crippen LogP contribution in [0.15, 0.2) is 0 Å². The molecule has 0 unspecified atom stereocenters. The van der Waals surface area contributed by atoms with Gasteiger partial charge in [-0.15, -0.1) is 0 Å². The van der Waals surface area contributed by atoms with E-state index in [1.165, 1.54) is 57.2 Å². The second-order valence-corrected chi connectivity index (χ2v) is 9.12. The van der Waals surface area contributed by atoms with Crippen molar-refractivity contribution in [3.05, 3.63) is 0 Å². The maximum absolute atomic E-state index is 12.5. The smallest absolute Gasteiger partial charge is 0.239 e. The lowest BCUT2D eigenvalue weighted by Gasteiger charge is -2.40. The van der Waals surface area contributed by atoms with Gasteiger partial charge in [0, 0.05) is 5.25 Å². The number of carbonyl (C=O) groups excluding carboxylic acids is 2. The highest BCUT2D eigenvalue weighted by Crippen LogP contribution is 2.35. The van der Waals surface area contributed by atoms with Gasteiger partial charge in [-0.25, -0.2) is 0 Å². The highest BCUT2D eigenvalue weighted by Gasteiger charge is 2.46. The van der Waals surface area contributed by atoms with Gasteiger partial charge < -0.3 is 26.4 Å². The summed E-state index contributed by atoms with van der Waals surface area (Å²) in [4.78, 5) is 23.7. The van der Waals surface area contributed by atoms with Gasteiger partial charge in [0.2, 0.25) is 11.8 Å². The quantitative estimate of drug-likeness (QED) is 0.287. The fourth-order valence-corrected chi connectivity index (χ4v) is 4.98. The summed E-state index contributed by atoms with van der Waals surface area (Å²) in [5.74, 6) is -0.985. The fourth-order valence-electron chi connectivity index (χ4n) is 3.51. The lowest BCUT2D eigenvalue weighted by molar-refractivity contribution is -0.138. The van der Waals surface area contributed by atoms with Crippen molar-refractivity contribution < 1.29 is 24.9 Å². The SMILES string of the molecule is CCCCCCCCCCS[C@@H]1[C@@H](O)[C@@H](O)[C@H](O)C[C@@H]1C(=O)N[C@@H](C)C(N)=O. The highest BCUT2D eigenvalue weighted by atomic mass is 32.2. The molecule has 0 heterocycles. The van der Waals surface area contributed by atoms with Gasteiger partial charge in [0.05, 0.1) is 18.1 Å². The number of rotatable bonds is 13. The molecule has 0 aromatic carbocycles. The maximum atomic E-state index is 12.5. The molecule has 7 nitrogen and oxygen atoms in total. The van der Waals surface area contributed by atoms with E-state index in [1.54, 1.807) is 0 Å². The number of hydrogen-bond acceptors (Lipinski definition) is 6. The number of aliphatic hydroxyl groups excluding tert-OH is 3. The lowest BCUT2D eigenvalue weighted by Crippen LogP contribution is -2.57. The Labute approximate surface area is 172 Å². The third kappa shape index (κ3) is 8.27. The van der Waals surface area contributed by atoms with Gasteiger partial charge in [-0.1, -0.05) is 51.9 Å². The molecule has 28 heavy (non-hydrogen) atoms. The molecule has 6 atom stereocenters. The van der Waals surface area contributed by atoms with Gasteiger partial charge in [0.1, 0.15) is 12.1 Å². The van der Waals surface area contributed by atoms with Crippen LogP contribution in [0.2, 0.25) is 0 Å². The molecule has 6 N–H and O–H groups in total. The van der Waals surface area contributed by atoms with E-state index in [1.807, 2.05) is 0 Å². The van der Waals surface area contributed by atoms with Crippen LogP contribution in [0.5, 0.6) is 0 Å². The van der Waals surface area contributed by atoms with E-state index in [-0.39, 0.29) is 6.42 Å². The highest BCUT2D eigenvalue weighted by molar-refractivity contribution is 8.00. The van der Waals surface area contributed by atoms with Crippen LogP contribution in [0.4, 0.5) is 0 Å². The molecule has 0 bridgehead atoms. The average molecular weight is 419 g/mol. The van der Waals surface area contributed by atoms with Crippen LogP contribution in [0.3, 0.4) is 0 Å². The molecule has 1 rings (SSSR count). The predicted octanol–water partition coefficient (Wildman–Crippen LogP) is 1.32. The van der Waals surface area contributed by atoms with E-state index in [0.29, 0.717) is 0 Å². The molecule has 0 spiro atoms. The van der Waals surface area contributed by atoms with Gasteiger partial charge in [0.15, 0.2) is 0 Å². The van der Waals surface area contributed by atoms with E-state index in [2.05, 4.69) is 12.2 Å². The largest absolute Gasteiger partial charge is 0.390 e. The third-order valence-electron chi connectivity index (χ3n) is 5.40. The summed E-state index contributed by atoms with van der Waals surface area (Å²) in [6, 6.07) is -0.827. The first-order chi connectivity index (χ1) is 13.3. The molecule has 1 saturated carbocycles. The molecule has 0 aromatic heterocycles. The molecule has 1 aliphatic carbocycles. The molecule has 164 valence electrons. The Morgan fingerprint density at radius 1 is 1.04 bits per heavy atom. The monoisotopic (exact) mass is 418 g/mol. The van der Waals surface area contributed by atoms with E-state index >= 15 is 0 Å². The number of nitrogens with two attached hydrogens (primary N) is 1. The Hall–Kier alpha value is -0.830. The van der Waals surface area contributed by atoms with Crippen LogP contribution in [0, 0.1) is 5.92 Å². The number of aliphatic hydroxyl groups is 3. The molecule has 2 amide bonds. The topological polar surface area (TPSA) is 133 Å². The molecule has 1 aliphatic rings. The number of thioether (sulfide) groups is 1. The van der Waals surface area contributed by atoms with Gasteiger partial charge >= 0.3 is 0 Å². The summed E-state index contributed by atoms with van der Waals surface area (Å²) in [7, 11) is 0. The molecule has 0 saturated heterocycles. The number of amides is 2. The zero-order chi connectivity index (χ0) is 21.1. The van der Waals surface area contributed by atoms with E-state index in [0.717, 1.165) is 18.6 Å². The Morgan fingerprint density at radius 2 is 1.61 bits per heavy atom. The molecule has 0 radical (unpaired) electrons. The number of unbranched alkanes of at least 4 members (excludes halogenated alkanes) is 7. The van der Waals surface area contributed by atoms with Crippen molar-refractivity contribution in [3.63, 3.8) is 0 Å². The Balaban J connectivity index is 2.48. The number of hydrogen-bond donors (Lipinski definition) is 5. The minimum Gasteiger partial charge on any atom is -0.390 e. The Morgan fingerprint density at radius 3 is 2.18 bits per heavy atom. The number of primary amides is 1. The minimum absolute atomic E-state index is 0.0463. The molecule has 1 fully saturated rings. The van der Waals surface area contributed by atoms with Crippen LogP contribution in [0.1, 0.15) is 71.6 Å². The van der Waals surface area contributed by atoms with E-state index in [4.69, 9.17) is 5.73 Å². The van der Waals surface area contributed by atoms with Crippen molar-refractivity contribution in [2.75, 3.05) is 5.75 Å². The van der Waals surface area contributed by atoms with Crippen LogP contribution in [0.25, 0.3) is 0 Å². The van der Waals surface area contributed by atoms with Gasteiger partial charge in [-0.05, 0) is 25.5 Å². The van der Waals surface area contributed by atoms with Crippen molar-refractivity contribution in [2.24, 2.45) is 11.7 Å². The normalized spacial score (nSPS) is 28.7. The Bertz CT molecular complexity index is 480. The molecule has 0 aliphatic heterocycles. The Kier molecular flexibility index (Phi) is 12.1. The summed E-state index contributed by atoms with van der Waals surface area (Å²) in [5.41, 5.74) is 5.19. The average Bonchev–Trinajstić information content (AvgIpc) is 2.65. The summed E-state index contributed by atoms with van der Waals surface area (Å²) in [6.07, 6.45) is 6.00. The van der Waals surface area contributed by atoms with Crippen LogP contribution in [-0.4, -0.2) is 62.5 Å². The van der Waals surface area contributed by atoms with Crippen molar-refractivity contribution in [1.82, 2.24) is 5.32 Å². The van der Waals surface area contributed by atoms with Crippen LogP contribution < -0.4 is 11.1 Å². The zero-order valence-electron chi connectivity index (χ0n) is 17.2. The summed E-state index contributed by atoms with van der Waals surface area (Å²) in [5, 5.41) is 32.4. The summed E-state index contributed by atoms with van der Waals surface area (Å²) in [6.45, 7) is 3.70. The van der Waals surface area contributed by atoms with E-state index < -0.39 is 47.3 Å². The predicted molar refractivity (Wildman–Crippen MR) is 112 cm³/mol. The molecular weight excluding hydrogens is 380 g/mol. The first-order valence-corrected chi connectivity index (χ1v) is 11.6. The maximum Gasteiger partial charge on any atom is 0.239 e. The first-order valence-electron chi connectivity index (χ1n) is 10.5. The van der Waals surface area contributed by atoms with Gasteiger partial charge in [-0.3, -0.25) is 9.59 Å². The second-order valence-electron chi connectivity index (χ2n) is 7.83. The van der Waals surface area contributed by atoms with Crippen molar-refractivity contribution in [1.29, 1.82) is 0 Å². The molecule has 0 aromatic rings. The zero-order valence-corrected chi connectivity index (χ0v) is 18.0. The number of carbonyl (C=O) groups is 2.